The van der Waals surface area contributed by atoms with E-state index in [2.05, 4.69) is 10.1 Å². The lowest BCUT2D eigenvalue weighted by atomic mass is 10.1. The van der Waals surface area contributed by atoms with Crippen molar-refractivity contribution in [3.8, 4) is 28.2 Å². The van der Waals surface area contributed by atoms with E-state index in [0.717, 1.165) is 4.88 Å². The van der Waals surface area contributed by atoms with Gasteiger partial charge in [0.2, 0.25) is 0 Å². The molecule has 130 valence electrons. The highest BCUT2D eigenvalue weighted by molar-refractivity contribution is 7.13. The summed E-state index contributed by atoms with van der Waals surface area (Å²) in [6.45, 7) is 2.23. The highest BCUT2D eigenvalue weighted by atomic mass is 32.1. The van der Waals surface area contributed by atoms with Crippen LogP contribution in [0.3, 0.4) is 0 Å². The third-order valence-corrected chi connectivity index (χ3v) is 4.30. The van der Waals surface area contributed by atoms with Gasteiger partial charge >= 0.3 is 6.01 Å². The van der Waals surface area contributed by atoms with E-state index < -0.39 is 5.91 Å². The maximum atomic E-state index is 13.2. The van der Waals surface area contributed by atoms with Gasteiger partial charge in [0.05, 0.1) is 25.7 Å². The molecule has 0 saturated carbocycles. The van der Waals surface area contributed by atoms with E-state index >= 15 is 0 Å². The van der Waals surface area contributed by atoms with Crippen LogP contribution < -0.4 is 14.2 Å². The molecule has 0 bridgehead atoms. The predicted molar refractivity (Wildman–Crippen MR) is 93.8 cm³/mol. The average molecular weight is 359 g/mol. The number of ether oxygens (including phenoxy) is 3. The lowest BCUT2D eigenvalue weighted by Gasteiger charge is -2.12. The monoisotopic (exact) mass is 359 g/mol. The number of methoxy groups -OCH3 is 2. The highest BCUT2D eigenvalue weighted by Gasteiger charge is 2.26. The van der Waals surface area contributed by atoms with Crippen LogP contribution in [0.5, 0.6) is 17.5 Å². The van der Waals surface area contributed by atoms with Crippen LogP contribution in [0, 0.1) is 0 Å². The second-order valence-corrected chi connectivity index (χ2v) is 5.83. The first-order chi connectivity index (χ1) is 12.2. The molecule has 0 amide bonds. The van der Waals surface area contributed by atoms with Gasteiger partial charge in [-0.3, -0.25) is 4.79 Å². The van der Waals surface area contributed by atoms with E-state index in [-0.39, 0.29) is 11.6 Å². The maximum absolute atomic E-state index is 13.2. The van der Waals surface area contributed by atoms with E-state index in [9.17, 15) is 4.79 Å². The number of carbonyl (C=O) groups excluding carboxylic acids is 1. The van der Waals surface area contributed by atoms with Crippen LogP contribution in [-0.2, 0) is 0 Å². The Balaban J connectivity index is 2.15. The summed E-state index contributed by atoms with van der Waals surface area (Å²) in [5.41, 5.74) is 0.276. The van der Waals surface area contributed by atoms with Gasteiger partial charge in [-0.1, -0.05) is 12.1 Å². The summed E-state index contributed by atoms with van der Waals surface area (Å²) in [4.78, 5) is 18.3. The third kappa shape index (κ3) is 3.20. The summed E-state index contributed by atoms with van der Waals surface area (Å²) in [6, 6.07) is 9.04. The molecule has 0 N–H and O–H groups in total. The number of aromatic nitrogens is 3. The molecule has 3 aromatic rings. The van der Waals surface area contributed by atoms with E-state index in [1.54, 1.807) is 18.2 Å². The number of thiophene rings is 1. The molecule has 0 fully saturated rings. The highest BCUT2D eigenvalue weighted by Crippen LogP contribution is 2.31. The van der Waals surface area contributed by atoms with Crippen molar-refractivity contribution in [3.63, 3.8) is 0 Å². The van der Waals surface area contributed by atoms with Gasteiger partial charge in [0.25, 0.3) is 5.91 Å². The summed E-state index contributed by atoms with van der Waals surface area (Å²) < 4.78 is 17.2. The molecule has 3 rings (SSSR count). The van der Waals surface area contributed by atoms with Gasteiger partial charge in [-0.05, 0) is 30.5 Å². The smallest absolute Gasteiger partial charge is 0.336 e. The Morgan fingerprint density at radius 2 is 1.88 bits per heavy atom. The van der Waals surface area contributed by atoms with Gasteiger partial charge in [0.1, 0.15) is 17.1 Å². The van der Waals surface area contributed by atoms with Gasteiger partial charge in [0, 0.05) is 0 Å². The summed E-state index contributed by atoms with van der Waals surface area (Å²) in [7, 11) is 3.00. The molecule has 0 unspecified atom stereocenters. The first-order valence-electron chi connectivity index (χ1n) is 7.59. The van der Waals surface area contributed by atoms with Crippen LogP contribution in [0.25, 0.3) is 10.7 Å². The van der Waals surface area contributed by atoms with Gasteiger partial charge < -0.3 is 14.2 Å². The molecule has 2 aromatic heterocycles. The molecule has 0 saturated heterocycles. The van der Waals surface area contributed by atoms with E-state index in [0.29, 0.717) is 23.9 Å². The van der Waals surface area contributed by atoms with E-state index in [4.69, 9.17) is 14.2 Å². The Morgan fingerprint density at radius 3 is 2.44 bits per heavy atom. The van der Waals surface area contributed by atoms with Crippen LogP contribution in [0.2, 0.25) is 0 Å². The molecule has 25 heavy (non-hydrogen) atoms. The standard InChI is InChI=1S/C17H17N3O4S/c1-4-24-17-18-15(13-9-6-10-25-13)20(19-17)16(21)14-11(22-2)7-5-8-12(14)23-3/h5-10H,4H2,1-3H3. The summed E-state index contributed by atoms with van der Waals surface area (Å²) in [5.74, 6) is 0.803. The topological polar surface area (TPSA) is 75.5 Å². The molecule has 1 aromatic carbocycles. The first-order valence-corrected chi connectivity index (χ1v) is 8.47. The SMILES string of the molecule is CCOc1nc(-c2cccs2)n(C(=O)c2c(OC)cccc2OC)n1. The number of carbonyl (C=O) groups is 1. The second kappa shape index (κ2) is 7.35. The lowest BCUT2D eigenvalue weighted by molar-refractivity contribution is 0.0938. The van der Waals surface area contributed by atoms with Crippen molar-refractivity contribution in [2.45, 2.75) is 6.92 Å². The largest absolute Gasteiger partial charge is 0.496 e. The zero-order valence-electron chi connectivity index (χ0n) is 14.1. The fourth-order valence-electron chi connectivity index (χ4n) is 2.36. The third-order valence-electron chi connectivity index (χ3n) is 3.44. The van der Waals surface area contributed by atoms with Gasteiger partial charge in [-0.15, -0.1) is 16.4 Å². The number of hydrogen-bond acceptors (Lipinski definition) is 7. The molecule has 0 aliphatic heterocycles. The minimum absolute atomic E-state index is 0.146. The quantitative estimate of drug-likeness (QED) is 0.673. The van der Waals surface area contributed by atoms with Crippen molar-refractivity contribution < 1.29 is 19.0 Å². The normalized spacial score (nSPS) is 10.5. The van der Waals surface area contributed by atoms with Crippen LogP contribution in [0.15, 0.2) is 35.7 Å². The minimum atomic E-state index is -0.406. The summed E-state index contributed by atoms with van der Waals surface area (Å²) in [6.07, 6.45) is 0. The van der Waals surface area contributed by atoms with Crippen molar-refractivity contribution in [1.82, 2.24) is 14.8 Å². The molecule has 7 nitrogen and oxygen atoms in total. The molecule has 0 atom stereocenters. The molecule has 0 radical (unpaired) electrons. The van der Waals surface area contributed by atoms with Gasteiger partial charge in [0.15, 0.2) is 5.82 Å². The first kappa shape index (κ1) is 17.0. The summed E-state index contributed by atoms with van der Waals surface area (Å²) in [5, 5.41) is 6.12. The molecular weight excluding hydrogens is 342 g/mol. The number of rotatable bonds is 6. The molecule has 0 aliphatic rings. The summed E-state index contributed by atoms with van der Waals surface area (Å²) >= 11 is 1.46. The van der Waals surface area contributed by atoms with Crippen molar-refractivity contribution in [2.75, 3.05) is 20.8 Å². The molecule has 8 heteroatoms. The predicted octanol–water partition coefficient (Wildman–Crippen LogP) is 3.11. The van der Waals surface area contributed by atoms with Crippen LogP contribution in [-0.4, -0.2) is 41.5 Å². The Bertz CT molecular complexity index is 852. The van der Waals surface area contributed by atoms with E-state index in [1.165, 1.54) is 30.2 Å². The second-order valence-electron chi connectivity index (χ2n) is 4.88. The average Bonchev–Trinajstić information content (AvgIpc) is 3.30. The lowest BCUT2D eigenvalue weighted by Crippen LogP contribution is -2.17. The molecule has 2 heterocycles. The fourth-order valence-corrected chi connectivity index (χ4v) is 3.06. The Kier molecular flexibility index (Phi) is 4.99. The van der Waals surface area contributed by atoms with Crippen molar-refractivity contribution in [3.05, 3.63) is 41.3 Å². The molecular formula is C17H17N3O4S. The molecule has 0 spiro atoms. The van der Waals surface area contributed by atoms with Gasteiger partial charge in [-0.2, -0.15) is 9.67 Å². The van der Waals surface area contributed by atoms with Crippen LogP contribution in [0.4, 0.5) is 0 Å². The van der Waals surface area contributed by atoms with Crippen LogP contribution >= 0.6 is 11.3 Å². The van der Waals surface area contributed by atoms with Crippen LogP contribution in [0.1, 0.15) is 17.3 Å². The zero-order chi connectivity index (χ0) is 17.8. The number of benzene rings is 1. The number of nitrogens with zero attached hydrogens (tertiary/aromatic N) is 3. The Morgan fingerprint density at radius 1 is 1.16 bits per heavy atom. The number of hydrogen-bond donors (Lipinski definition) is 0. The maximum Gasteiger partial charge on any atom is 0.336 e. The van der Waals surface area contributed by atoms with Crippen molar-refractivity contribution in [2.24, 2.45) is 0 Å². The van der Waals surface area contributed by atoms with Crippen molar-refractivity contribution in [1.29, 1.82) is 0 Å². The fraction of sp³-hybridized carbons (Fsp3) is 0.235. The van der Waals surface area contributed by atoms with Crippen molar-refractivity contribution >= 4 is 17.2 Å². The minimum Gasteiger partial charge on any atom is -0.496 e. The zero-order valence-corrected chi connectivity index (χ0v) is 14.9. The van der Waals surface area contributed by atoms with E-state index in [1.807, 2.05) is 24.4 Å². The Labute approximate surface area is 148 Å². The van der Waals surface area contributed by atoms with Gasteiger partial charge in [-0.25, -0.2) is 0 Å². The Hall–Kier alpha value is -2.87. The molecule has 0 aliphatic carbocycles.